The van der Waals surface area contributed by atoms with Crippen LogP contribution in [0.2, 0.25) is 0 Å². The number of benzene rings is 2. The van der Waals surface area contributed by atoms with Gasteiger partial charge in [-0.25, -0.2) is 8.78 Å². The van der Waals surface area contributed by atoms with Gasteiger partial charge in [0.25, 0.3) is 5.92 Å². The van der Waals surface area contributed by atoms with Crippen molar-refractivity contribution in [3.05, 3.63) is 70.2 Å². The molecule has 0 spiro atoms. The first kappa shape index (κ1) is 15.6. The summed E-state index contributed by atoms with van der Waals surface area (Å²) < 4.78 is 29.3. The molecule has 0 aliphatic heterocycles. The molecule has 2 rings (SSSR count). The van der Waals surface area contributed by atoms with Crippen molar-refractivity contribution in [3.63, 3.8) is 0 Å². The van der Waals surface area contributed by atoms with Crippen molar-refractivity contribution in [2.45, 2.75) is 18.3 Å². The van der Waals surface area contributed by atoms with Gasteiger partial charge in [-0.2, -0.15) is 0 Å². The van der Waals surface area contributed by atoms with Crippen LogP contribution in [0.15, 0.2) is 59.1 Å². The van der Waals surface area contributed by atoms with Crippen molar-refractivity contribution in [3.8, 4) is 0 Å². The zero-order valence-corrected chi connectivity index (χ0v) is 12.6. The Morgan fingerprint density at radius 1 is 1.10 bits per heavy atom. The predicted molar refractivity (Wildman–Crippen MR) is 79.5 cm³/mol. The molecule has 2 aromatic carbocycles. The molecule has 0 amide bonds. The lowest BCUT2D eigenvalue weighted by Gasteiger charge is -2.21. The van der Waals surface area contributed by atoms with Gasteiger partial charge >= 0.3 is 5.97 Å². The molecule has 2 nitrogen and oxygen atoms in total. The van der Waals surface area contributed by atoms with Crippen molar-refractivity contribution in [2.75, 3.05) is 0 Å². The molecule has 0 aliphatic rings. The Hall–Kier alpha value is -1.75. The van der Waals surface area contributed by atoms with Crippen LogP contribution in [0.3, 0.4) is 0 Å². The standard InChI is InChI=1S/C16H13BrF2O2/c17-13-8-6-11(7-9-13)14(15(20)21)10-16(18,19)12-4-2-1-3-5-12/h1-9,14H,10H2,(H,20,21). The largest absolute Gasteiger partial charge is 0.481 e. The van der Waals surface area contributed by atoms with E-state index < -0.39 is 24.2 Å². The summed E-state index contributed by atoms with van der Waals surface area (Å²) in [6.07, 6.45) is -0.770. The summed E-state index contributed by atoms with van der Waals surface area (Å²) in [6, 6.07) is 13.7. The van der Waals surface area contributed by atoms with Crippen LogP contribution < -0.4 is 0 Å². The molecule has 0 radical (unpaired) electrons. The minimum absolute atomic E-state index is 0.173. The lowest BCUT2D eigenvalue weighted by molar-refractivity contribution is -0.141. The third-order valence-corrected chi connectivity index (χ3v) is 3.76. The van der Waals surface area contributed by atoms with Crippen LogP contribution in [0.25, 0.3) is 0 Å². The average molecular weight is 355 g/mol. The molecular formula is C16H13BrF2O2. The number of carboxylic acids is 1. The second kappa shape index (κ2) is 6.35. The molecule has 1 atom stereocenters. The number of halogens is 3. The smallest absolute Gasteiger partial charge is 0.311 e. The Balaban J connectivity index is 2.28. The summed E-state index contributed by atoms with van der Waals surface area (Å²) in [4.78, 5) is 11.3. The van der Waals surface area contributed by atoms with Gasteiger partial charge in [0.05, 0.1) is 5.92 Å². The maximum absolute atomic E-state index is 14.3. The number of hydrogen-bond acceptors (Lipinski definition) is 1. The van der Waals surface area contributed by atoms with E-state index in [2.05, 4.69) is 15.9 Å². The van der Waals surface area contributed by atoms with E-state index in [1.54, 1.807) is 30.3 Å². The highest BCUT2D eigenvalue weighted by molar-refractivity contribution is 9.10. The fourth-order valence-electron chi connectivity index (χ4n) is 2.10. The third kappa shape index (κ3) is 3.88. The van der Waals surface area contributed by atoms with Crippen molar-refractivity contribution in [1.82, 2.24) is 0 Å². The maximum atomic E-state index is 14.3. The normalized spacial score (nSPS) is 12.9. The van der Waals surface area contributed by atoms with E-state index in [-0.39, 0.29) is 5.56 Å². The van der Waals surface area contributed by atoms with E-state index in [1.165, 1.54) is 24.3 Å². The fraction of sp³-hybridized carbons (Fsp3) is 0.188. The van der Waals surface area contributed by atoms with Crippen LogP contribution in [0.4, 0.5) is 8.78 Å². The van der Waals surface area contributed by atoms with Crippen LogP contribution in [-0.4, -0.2) is 11.1 Å². The van der Waals surface area contributed by atoms with Crippen LogP contribution in [0.1, 0.15) is 23.5 Å². The van der Waals surface area contributed by atoms with Gasteiger partial charge in [0.15, 0.2) is 0 Å². The molecular weight excluding hydrogens is 342 g/mol. The molecule has 2 aromatic rings. The quantitative estimate of drug-likeness (QED) is 0.837. The number of hydrogen-bond donors (Lipinski definition) is 1. The van der Waals surface area contributed by atoms with Gasteiger partial charge in [0.1, 0.15) is 0 Å². The van der Waals surface area contributed by atoms with Crippen LogP contribution >= 0.6 is 15.9 Å². The highest BCUT2D eigenvalue weighted by Crippen LogP contribution is 2.38. The lowest BCUT2D eigenvalue weighted by Crippen LogP contribution is -2.22. The van der Waals surface area contributed by atoms with Crippen LogP contribution in [0.5, 0.6) is 0 Å². The molecule has 5 heteroatoms. The highest BCUT2D eigenvalue weighted by atomic mass is 79.9. The summed E-state index contributed by atoms with van der Waals surface area (Å²) >= 11 is 3.23. The Morgan fingerprint density at radius 2 is 1.67 bits per heavy atom. The Kier molecular flexibility index (Phi) is 4.73. The van der Waals surface area contributed by atoms with Crippen molar-refractivity contribution < 1.29 is 18.7 Å². The SMILES string of the molecule is O=C(O)C(CC(F)(F)c1ccccc1)c1ccc(Br)cc1. The van der Waals surface area contributed by atoms with E-state index in [0.717, 1.165) is 4.47 Å². The predicted octanol–water partition coefficient (Wildman–Crippen LogP) is 4.80. The van der Waals surface area contributed by atoms with E-state index >= 15 is 0 Å². The minimum atomic E-state index is -3.20. The molecule has 110 valence electrons. The number of carboxylic acid groups (broad SMARTS) is 1. The van der Waals surface area contributed by atoms with Gasteiger partial charge in [-0.15, -0.1) is 0 Å². The van der Waals surface area contributed by atoms with Gasteiger partial charge in [-0.05, 0) is 17.7 Å². The molecule has 0 fully saturated rings. The zero-order valence-electron chi connectivity index (χ0n) is 11.0. The maximum Gasteiger partial charge on any atom is 0.311 e. The molecule has 0 heterocycles. The van der Waals surface area contributed by atoms with Gasteiger partial charge in [-0.3, -0.25) is 4.79 Å². The molecule has 21 heavy (non-hydrogen) atoms. The first-order chi connectivity index (χ1) is 9.90. The van der Waals surface area contributed by atoms with E-state index in [0.29, 0.717) is 5.56 Å². The number of aliphatic carboxylic acids is 1. The highest BCUT2D eigenvalue weighted by Gasteiger charge is 2.38. The Labute approximate surface area is 129 Å². The van der Waals surface area contributed by atoms with Crippen molar-refractivity contribution in [2.24, 2.45) is 0 Å². The summed E-state index contributed by atoms with van der Waals surface area (Å²) in [7, 11) is 0. The lowest BCUT2D eigenvalue weighted by atomic mass is 9.90. The molecule has 1 N–H and O–H groups in total. The molecule has 0 bridgehead atoms. The van der Waals surface area contributed by atoms with Crippen LogP contribution in [0, 0.1) is 0 Å². The Morgan fingerprint density at radius 3 is 2.19 bits per heavy atom. The fourth-order valence-corrected chi connectivity index (χ4v) is 2.36. The molecule has 1 unspecified atom stereocenters. The second-order valence-corrected chi connectivity index (χ2v) is 5.63. The topological polar surface area (TPSA) is 37.3 Å². The monoisotopic (exact) mass is 354 g/mol. The van der Waals surface area contributed by atoms with Crippen molar-refractivity contribution >= 4 is 21.9 Å². The zero-order chi connectivity index (χ0) is 15.5. The van der Waals surface area contributed by atoms with Crippen molar-refractivity contribution in [1.29, 1.82) is 0 Å². The van der Waals surface area contributed by atoms with Gasteiger partial charge in [0, 0.05) is 16.5 Å². The van der Waals surface area contributed by atoms with Gasteiger partial charge < -0.3 is 5.11 Å². The number of alkyl halides is 2. The first-order valence-corrected chi connectivity index (χ1v) is 7.11. The van der Waals surface area contributed by atoms with Gasteiger partial charge in [-0.1, -0.05) is 58.4 Å². The van der Waals surface area contributed by atoms with E-state index in [4.69, 9.17) is 0 Å². The summed E-state index contributed by atoms with van der Waals surface area (Å²) in [5.41, 5.74) is 0.190. The molecule has 0 saturated carbocycles. The molecule has 0 saturated heterocycles. The second-order valence-electron chi connectivity index (χ2n) is 4.72. The summed E-state index contributed by atoms with van der Waals surface area (Å²) in [6.45, 7) is 0. The first-order valence-electron chi connectivity index (χ1n) is 6.32. The third-order valence-electron chi connectivity index (χ3n) is 3.23. The number of rotatable bonds is 5. The van der Waals surface area contributed by atoms with E-state index in [9.17, 15) is 18.7 Å². The molecule has 0 aromatic heterocycles. The summed E-state index contributed by atoms with van der Waals surface area (Å²) in [5.74, 6) is -5.71. The van der Waals surface area contributed by atoms with Gasteiger partial charge in [0.2, 0.25) is 0 Å². The summed E-state index contributed by atoms with van der Waals surface area (Å²) in [5, 5.41) is 9.26. The average Bonchev–Trinajstić information content (AvgIpc) is 2.47. The van der Waals surface area contributed by atoms with E-state index in [1.807, 2.05) is 0 Å². The molecule has 0 aliphatic carbocycles. The Bertz CT molecular complexity index is 612. The van der Waals surface area contributed by atoms with Crippen LogP contribution in [-0.2, 0) is 10.7 Å². The minimum Gasteiger partial charge on any atom is -0.481 e. The number of carbonyl (C=O) groups is 1.